The van der Waals surface area contributed by atoms with Gasteiger partial charge in [-0.3, -0.25) is 0 Å². The van der Waals surface area contributed by atoms with Crippen molar-refractivity contribution in [2.75, 3.05) is 18.6 Å². The molecule has 1 N–H and O–H groups in total. The van der Waals surface area contributed by atoms with Gasteiger partial charge in [0.25, 0.3) is 0 Å². The molecule has 0 aliphatic heterocycles. The zero-order chi connectivity index (χ0) is 11.8. The molecule has 0 saturated carbocycles. The second-order valence-electron chi connectivity index (χ2n) is 3.61. The first-order valence-electron chi connectivity index (χ1n) is 5.37. The van der Waals surface area contributed by atoms with E-state index in [4.69, 9.17) is 0 Å². The smallest absolute Gasteiger partial charge is 0.127 e. The lowest BCUT2D eigenvalue weighted by Crippen LogP contribution is -2.15. The number of unbranched alkanes of at least 4 members (excludes halogenated alkanes) is 1. The lowest BCUT2D eigenvalue weighted by molar-refractivity contribution is 0.580. The maximum Gasteiger partial charge on any atom is 0.127 e. The van der Waals surface area contributed by atoms with E-state index < -0.39 is 0 Å². The van der Waals surface area contributed by atoms with Gasteiger partial charge >= 0.3 is 0 Å². The van der Waals surface area contributed by atoms with Gasteiger partial charge in [0.2, 0.25) is 0 Å². The van der Waals surface area contributed by atoms with Gasteiger partial charge in [-0.25, -0.2) is 4.39 Å². The van der Waals surface area contributed by atoms with Gasteiger partial charge in [-0.15, -0.1) is 0 Å². The molecule has 1 aromatic carbocycles. The molecule has 0 aromatic heterocycles. The van der Waals surface area contributed by atoms with Crippen LogP contribution < -0.4 is 5.32 Å². The highest BCUT2D eigenvalue weighted by Crippen LogP contribution is 2.15. The van der Waals surface area contributed by atoms with Crippen molar-refractivity contribution < 1.29 is 4.39 Å². The van der Waals surface area contributed by atoms with E-state index in [0.29, 0.717) is 6.54 Å². The molecule has 0 atom stereocenters. The fourth-order valence-corrected chi connectivity index (χ4v) is 2.30. The van der Waals surface area contributed by atoms with Crippen molar-refractivity contribution in [2.45, 2.75) is 19.4 Å². The summed E-state index contributed by atoms with van der Waals surface area (Å²) in [7, 11) is 0. The number of halogens is 2. The Balaban J connectivity index is 2.23. The fourth-order valence-electron chi connectivity index (χ4n) is 1.40. The third-order valence-corrected chi connectivity index (χ3v) is 3.47. The van der Waals surface area contributed by atoms with E-state index in [1.54, 1.807) is 6.07 Å². The van der Waals surface area contributed by atoms with Crippen LogP contribution in [-0.4, -0.2) is 18.6 Å². The van der Waals surface area contributed by atoms with E-state index >= 15 is 0 Å². The first-order chi connectivity index (χ1) is 7.74. The molecule has 1 aromatic rings. The first kappa shape index (κ1) is 14.0. The second-order valence-corrected chi connectivity index (χ2v) is 5.51. The molecule has 0 unspecified atom stereocenters. The van der Waals surface area contributed by atoms with E-state index in [2.05, 4.69) is 27.5 Å². The molecule has 90 valence electrons. The Hall–Kier alpha value is -0.0600. The van der Waals surface area contributed by atoms with E-state index in [0.717, 1.165) is 23.0 Å². The number of nitrogens with one attached hydrogen (secondary N) is 1. The largest absolute Gasteiger partial charge is 0.313 e. The number of hydrogen-bond acceptors (Lipinski definition) is 2. The highest BCUT2D eigenvalue weighted by Gasteiger charge is 2.01. The number of rotatable bonds is 7. The molecule has 0 saturated heterocycles. The lowest BCUT2D eigenvalue weighted by Gasteiger charge is -2.06. The molecular formula is C12H17BrFNS. The summed E-state index contributed by atoms with van der Waals surface area (Å²) in [6.07, 6.45) is 4.48. The summed E-state index contributed by atoms with van der Waals surface area (Å²) in [6, 6.07) is 5.04. The highest BCUT2D eigenvalue weighted by atomic mass is 79.9. The molecule has 0 bridgehead atoms. The molecule has 16 heavy (non-hydrogen) atoms. The van der Waals surface area contributed by atoms with E-state index in [9.17, 15) is 4.39 Å². The Morgan fingerprint density at radius 2 is 2.19 bits per heavy atom. The predicted molar refractivity (Wildman–Crippen MR) is 73.4 cm³/mol. The zero-order valence-electron chi connectivity index (χ0n) is 9.43. The van der Waals surface area contributed by atoms with Gasteiger partial charge in [0.15, 0.2) is 0 Å². The minimum atomic E-state index is -0.139. The van der Waals surface area contributed by atoms with Crippen LogP contribution in [0.2, 0.25) is 0 Å². The summed E-state index contributed by atoms with van der Waals surface area (Å²) in [4.78, 5) is 0. The summed E-state index contributed by atoms with van der Waals surface area (Å²) >= 11 is 5.21. The van der Waals surface area contributed by atoms with Crippen molar-refractivity contribution in [2.24, 2.45) is 0 Å². The van der Waals surface area contributed by atoms with Crippen molar-refractivity contribution >= 4 is 27.7 Å². The Bertz CT molecular complexity index is 320. The Kier molecular flexibility index (Phi) is 7.08. The summed E-state index contributed by atoms with van der Waals surface area (Å²) in [5, 5.41) is 3.26. The number of thioether (sulfide) groups is 1. The second kappa shape index (κ2) is 8.09. The first-order valence-corrected chi connectivity index (χ1v) is 7.56. The van der Waals surface area contributed by atoms with Crippen molar-refractivity contribution in [3.8, 4) is 0 Å². The van der Waals surface area contributed by atoms with Gasteiger partial charge in [-0.2, -0.15) is 11.8 Å². The van der Waals surface area contributed by atoms with Crippen LogP contribution in [0, 0.1) is 5.82 Å². The van der Waals surface area contributed by atoms with Crippen molar-refractivity contribution in [3.05, 3.63) is 34.1 Å². The van der Waals surface area contributed by atoms with Crippen LogP contribution in [0.1, 0.15) is 18.4 Å². The monoisotopic (exact) mass is 305 g/mol. The van der Waals surface area contributed by atoms with Crippen molar-refractivity contribution in [1.29, 1.82) is 0 Å². The quantitative estimate of drug-likeness (QED) is 0.769. The predicted octanol–water partition coefficient (Wildman–Crippen LogP) is 3.82. The molecule has 0 radical (unpaired) electrons. The van der Waals surface area contributed by atoms with E-state index in [1.165, 1.54) is 18.2 Å². The summed E-state index contributed by atoms with van der Waals surface area (Å²) in [6.45, 7) is 1.55. The molecular weight excluding hydrogens is 289 g/mol. The third kappa shape index (κ3) is 5.32. The summed E-state index contributed by atoms with van der Waals surface area (Å²) in [5.74, 6) is 1.06. The molecule has 0 amide bonds. The van der Waals surface area contributed by atoms with Gasteiger partial charge in [0, 0.05) is 16.6 Å². The SMILES string of the molecule is CSCCCCNCc1cc(Br)ccc1F. The van der Waals surface area contributed by atoms with Crippen LogP contribution >= 0.6 is 27.7 Å². The minimum Gasteiger partial charge on any atom is -0.313 e. The van der Waals surface area contributed by atoms with Gasteiger partial charge in [-0.1, -0.05) is 15.9 Å². The summed E-state index contributed by atoms with van der Waals surface area (Å²) in [5.41, 5.74) is 0.722. The average Bonchev–Trinajstić information content (AvgIpc) is 2.28. The number of hydrogen-bond donors (Lipinski definition) is 1. The van der Waals surface area contributed by atoms with Crippen LogP contribution in [0.4, 0.5) is 4.39 Å². The van der Waals surface area contributed by atoms with Crippen LogP contribution in [0.5, 0.6) is 0 Å². The minimum absolute atomic E-state index is 0.139. The fraction of sp³-hybridized carbons (Fsp3) is 0.500. The van der Waals surface area contributed by atoms with Gasteiger partial charge in [-0.05, 0) is 49.6 Å². The normalized spacial score (nSPS) is 10.7. The number of benzene rings is 1. The lowest BCUT2D eigenvalue weighted by atomic mass is 10.2. The van der Waals surface area contributed by atoms with Gasteiger partial charge in [0.05, 0.1) is 0 Å². The zero-order valence-corrected chi connectivity index (χ0v) is 11.8. The maximum atomic E-state index is 13.3. The van der Waals surface area contributed by atoms with Gasteiger partial charge < -0.3 is 5.32 Å². The van der Waals surface area contributed by atoms with E-state index in [1.807, 2.05) is 17.8 Å². The molecule has 1 rings (SSSR count). The molecule has 0 spiro atoms. The van der Waals surface area contributed by atoms with Crippen LogP contribution in [0.3, 0.4) is 0 Å². The average molecular weight is 306 g/mol. The standard InChI is InChI=1S/C12H17BrFNS/c1-16-7-3-2-6-15-9-10-8-11(13)4-5-12(10)14/h4-5,8,15H,2-3,6-7,9H2,1H3. The molecule has 0 aliphatic rings. The third-order valence-electron chi connectivity index (χ3n) is 2.28. The molecule has 0 fully saturated rings. The molecule has 0 aliphatic carbocycles. The highest BCUT2D eigenvalue weighted by molar-refractivity contribution is 9.10. The van der Waals surface area contributed by atoms with Gasteiger partial charge in [0.1, 0.15) is 5.82 Å². The van der Waals surface area contributed by atoms with Crippen LogP contribution in [0.25, 0.3) is 0 Å². The van der Waals surface area contributed by atoms with E-state index in [-0.39, 0.29) is 5.82 Å². The van der Waals surface area contributed by atoms with Crippen molar-refractivity contribution in [3.63, 3.8) is 0 Å². The van der Waals surface area contributed by atoms with Crippen LogP contribution in [-0.2, 0) is 6.54 Å². The Labute approximate surface area is 109 Å². The topological polar surface area (TPSA) is 12.0 Å². The summed E-state index contributed by atoms with van der Waals surface area (Å²) < 4.78 is 14.3. The van der Waals surface area contributed by atoms with Crippen LogP contribution in [0.15, 0.2) is 22.7 Å². The molecule has 4 heteroatoms. The maximum absolute atomic E-state index is 13.3. The Morgan fingerprint density at radius 3 is 2.94 bits per heavy atom. The Morgan fingerprint density at radius 1 is 1.38 bits per heavy atom. The molecule has 1 nitrogen and oxygen atoms in total. The molecule has 0 heterocycles. The van der Waals surface area contributed by atoms with Crippen molar-refractivity contribution in [1.82, 2.24) is 5.32 Å².